The zero-order valence-corrected chi connectivity index (χ0v) is 11.3. The highest BCUT2D eigenvalue weighted by Crippen LogP contribution is 2.32. The van der Waals surface area contributed by atoms with Crippen LogP contribution in [0.25, 0.3) is 0 Å². The summed E-state index contributed by atoms with van der Waals surface area (Å²) in [6.45, 7) is 0. The van der Waals surface area contributed by atoms with Crippen LogP contribution >= 0.6 is 27.5 Å². The number of halogens is 3. The second-order valence-electron chi connectivity index (χ2n) is 3.43. The monoisotopic (exact) mass is 325 g/mol. The highest BCUT2D eigenvalue weighted by atomic mass is 79.9. The lowest BCUT2D eigenvalue weighted by Gasteiger charge is -2.08. The lowest BCUT2D eigenvalue weighted by atomic mass is 10.2. The standard InChI is InChI=1S/C13H6BrClFNO/c14-11-4-2-9(16)5-13(11)18-10-3-1-8(7-17)12(15)6-10/h1-6H. The molecule has 0 amide bonds. The summed E-state index contributed by atoms with van der Waals surface area (Å²) in [5.41, 5.74) is 0.363. The molecule has 0 bridgehead atoms. The molecular weight excluding hydrogens is 321 g/mol. The van der Waals surface area contributed by atoms with Crippen LogP contribution in [0, 0.1) is 17.1 Å². The molecule has 0 aliphatic carbocycles. The number of nitriles is 1. The largest absolute Gasteiger partial charge is 0.456 e. The third-order valence-corrected chi connectivity index (χ3v) is 3.15. The summed E-state index contributed by atoms with van der Waals surface area (Å²) < 4.78 is 19.2. The van der Waals surface area contributed by atoms with E-state index in [1.54, 1.807) is 18.2 Å². The molecule has 2 rings (SSSR count). The second-order valence-corrected chi connectivity index (χ2v) is 4.69. The zero-order chi connectivity index (χ0) is 13.1. The molecule has 0 unspecified atom stereocenters. The first kappa shape index (κ1) is 12.9. The van der Waals surface area contributed by atoms with E-state index in [9.17, 15) is 4.39 Å². The van der Waals surface area contributed by atoms with Crippen molar-refractivity contribution in [3.63, 3.8) is 0 Å². The molecule has 0 N–H and O–H groups in total. The van der Waals surface area contributed by atoms with Gasteiger partial charge in [-0.3, -0.25) is 0 Å². The summed E-state index contributed by atoms with van der Waals surface area (Å²) in [5.74, 6) is 0.383. The predicted molar refractivity (Wildman–Crippen MR) is 70.3 cm³/mol. The molecule has 0 saturated carbocycles. The zero-order valence-electron chi connectivity index (χ0n) is 8.95. The molecule has 0 aliphatic rings. The first-order valence-corrected chi connectivity index (χ1v) is 6.10. The van der Waals surface area contributed by atoms with Crippen molar-refractivity contribution in [3.8, 4) is 17.6 Å². The van der Waals surface area contributed by atoms with Gasteiger partial charge in [-0.2, -0.15) is 5.26 Å². The van der Waals surface area contributed by atoms with Crippen molar-refractivity contribution in [3.05, 3.63) is 57.3 Å². The SMILES string of the molecule is N#Cc1ccc(Oc2cc(F)ccc2Br)cc1Cl. The molecule has 0 radical (unpaired) electrons. The average Bonchev–Trinajstić information content (AvgIpc) is 2.34. The predicted octanol–water partition coefficient (Wildman–Crippen LogP) is 4.91. The molecule has 0 spiro atoms. The maximum absolute atomic E-state index is 13.1. The quantitative estimate of drug-likeness (QED) is 0.786. The molecule has 5 heteroatoms. The van der Waals surface area contributed by atoms with Crippen molar-refractivity contribution < 1.29 is 9.13 Å². The Morgan fingerprint density at radius 3 is 2.67 bits per heavy atom. The van der Waals surface area contributed by atoms with E-state index in [-0.39, 0.29) is 0 Å². The number of rotatable bonds is 2. The fourth-order valence-corrected chi connectivity index (χ4v) is 1.87. The molecule has 2 nitrogen and oxygen atoms in total. The molecule has 0 atom stereocenters. The Hall–Kier alpha value is -1.57. The number of hydrogen-bond donors (Lipinski definition) is 0. The summed E-state index contributed by atoms with van der Waals surface area (Å²) in [5, 5.41) is 9.04. The first-order valence-electron chi connectivity index (χ1n) is 4.92. The van der Waals surface area contributed by atoms with Gasteiger partial charge in [-0.05, 0) is 40.2 Å². The number of ether oxygens (including phenoxy) is 1. The van der Waals surface area contributed by atoms with Gasteiger partial charge in [0.15, 0.2) is 0 Å². The van der Waals surface area contributed by atoms with Gasteiger partial charge in [0.05, 0.1) is 15.1 Å². The topological polar surface area (TPSA) is 33.0 Å². The molecule has 2 aromatic carbocycles. The third kappa shape index (κ3) is 2.81. The fraction of sp³-hybridized carbons (Fsp3) is 0. The molecule has 90 valence electrons. The van der Waals surface area contributed by atoms with Gasteiger partial charge in [0, 0.05) is 12.1 Å². The highest BCUT2D eigenvalue weighted by Gasteiger charge is 2.06. The maximum Gasteiger partial charge on any atom is 0.144 e. The number of hydrogen-bond acceptors (Lipinski definition) is 2. The summed E-state index contributed by atoms with van der Waals surface area (Å²) in [4.78, 5) is 0. The van der Waals surface area contributed by atoms with Crippen molar-refractivity contribution >= 4 is 27.5 Å². The van der Waals surface area contributed by atoms with Crippen LogP contribution in [0.5, 0.6) is 11.5 Å². The van der Waals surface area contributed by atoms with Crippen molar-refractivity contribution in [2.75, 3.05) is 0 Å². The van der Waals surface area contributed by atoms with E-state index in [1.807, 2.05) is 6.07 Å². The molecule has 0 heterocycles. The van der Waals surface area contributed by atoms with E-state index in [1.165, 1.54) is 18.2 Å². The number of benzene rings is 2. The lowest BCUT2D eigenvalue weighted by molar-refractivity contribution is 0.473. The van der Waals surface area contributed by atoms with Crippen LogP contribution in [-0.2, 0) is 0 Å². The Morgan fingerprint density at radius 1 is 1.22 bits per heavy atom. The second kappa shape index (κ2) is 5.38. The summed E-state index contributed by atoms with van der Waals surface area (Å²) in [7, 11) is 0. The van der Waals surface area contributed by atoms with Gasteiger partial charge in [-0.15, -0.1) is 0 Å². The molecule has 0 aliphatic heterocycles. The normalized spacial score (nSPS) is 9.89. The van der Waals surface area contributed by atoms with Crippen LogP contribution in [0.2, 0.25) is 5.02 Å². The Bertz CT molecular complexity index is 639. The van der Waals surface area contributed by atoms with E-state index in [0.29, 0.717) is 26.6 Å². The van der Waals surface area contributed by atoms with Crippen LogP contribution in [-0.4, -0.2) is 0 Å². The van der Waals surface area contributed by atoms with E-state index < -0.39 is 5.82 Å². The van der Waals surface area contributed by atoms with Gasteiger partial charge in [0.1, 0.15) is 23.4 Å². The third-order valence-electron chi connectivity index (χ3n) is 2.18. The van der Waals surface area contributed by atoms with Crippen molar-refractivity contribution in [2.24, 2.45) is 0 Å². The van der Waals surface area contributed by atoms with Gasteiger partial charge in [-0.1, -0.05) is 11.6 Å². The highest BCUT2D eigenvalue weighted by molar-refractivity contribution is 9.10. The smallest absolute Gasteiger partial charge is 0.144 e. The maximum atomic E-state index is 13.1. The fourth-order valence-electron chi connectivity index (χ4n) is 1.33. The number of nitrogens with zero attached hydrogens (tertiary/aromatic N) is 1. The summed E-state index contributed by atoms with van der Waals surface area (Å²) in [6, 6.07) is 10.7. The Kier molecular flexibility index (Phi) is 3.85. The Morgan fingerprint density at radius 2 is 2.00 bits per heavy atom. The minimum Gasteiger partial charge on any atom is -0.456 e. The molecule has 0 aromatic heterocycles. The van der Waals surface area contributed by atoms with Crippen molar-refractivity contribution in [2.45, 2.75) is 0 Å². The van der Waals surface area contributed by atoms with E-state index in [4.69, 9.17) is 21.6 Å². The van der Waals surface area contributed by atoms with Crippen molar-refractivity contribution in [1.29, 1.82) is 5.26 Å². The van der Waals surface area contributed by atoms with E-state index in [2.05, 4.69) is 15.9 Å². The lowest BCUT2D eigenvalue weighted by Crippen LogP contribution is -1.88. The van der Waals surface area contributed by atoms with Gasteiger partial charge in [-0.25, -0.2) is 4.39 Å². The molecule has 0 saturated heterocycles. The van der Waals surface area contributed by atoms with E-state index >= 15 is 0 Å². The van der Waals surface area contributed by atoms with Crippen LogP contribution < -0.4 is 4.74 Å². The molecule has 18 heavy (non-hydrogen) atoms. The Labute approximate surface area is 117 Å². The first-order chi connectivity index (χ1) is 8.60. The minimum absolute atomic E-state index is 0.294. The van der Waals surface area contributed by atoms with Gasteiger partial charge < -0.3 is 4.74 Å². The minimum atomic E-state index is -0.395. The van der Waals surface area contributed by atoms with Crippen LogP contribution in [0.3, 0.4) is 0 Å². The molecular formula is C13H6BrClFNO. The van der Waals surface area contributed by atoms with E-state index in [0.717, 1.165) is 0 Å². The van der Waals surface area contributed by atoms with Crippen LogP contribution in [0.1, 0.15) is 5.56 Å². The van der Waals surface area contributed by atoms with Crippen LogP contribution in [0.4, 0.5) is 4.39 Å². The molecule has 0 fully saturated rings. The summed E-state index contributed by atoms with van der Waals surface area (Å²) in [6.07, 6.45) is 0. The van der Waals surface area contributed by atoms with Crippen molar-refractivity contribution in [1.82, 2.24) is 0 Å². The molecule has 2 aromatic rings. The Balaban J connectivity index is 2.32. The van der Waals surface area contributed by atoms with Gasteiger partial charge in [0.2, 0.25) is 0 Å². The van der Waals surface area contributed by atoms with Crippen LogP contribution in [0.15, 0.2) is 40.9 Å². The summed E-state index contributed by atoms with van der Waals surface area (Å²) >= 11 is 9.14. The average molecular weight is 327 g/mol. The van der Waals surface area contributed by atoms with Gasteiger partial charge >= 0.3 is 0 Å². The van der Waals surface area contributed by atoms with Gasteiger partial charge in [0.25, 0.3) is 0 Å².